The Morgan fingerprint density at radius 3 is 2.72 bits per heavy atom. The molecule has 0 aliphatic carbocycles. The van der Waals surface area contributed by atoms with Crippen molar-refractivity contribution in [2.45, 2.75) is 13.0 Å². The van der Waals surface area contributed by atoms with Crippen LogP contribution in [-0.4, -0.2) is 27.9 Å². The van der Waals surface area contributed by atoms with E-state index in [0.717, 1.165) is 0 Å². The average molecular weight is 341 g/mol. The maximum absolute atomic E-state index is 12.6. The van der Waals surface area contributed by atoms with Crippen molar-refractivity contribution in [3.63, 3.8) is 0 Å². The van der Waals surface area contributed by atoms with Crippen molar-refractivity contribution in [1.29, 1.82) is 0 Å². The normalized spacial score (nSPS) is 11.9. The number of amides is 1. The number of carbonyl (C=O) groups is 1. The second-order valence-electron chi connectivity index (χ2n) is 5.50. The van der Waals surface area contributed by atoms with Gasteiger partial charge >= 0.3 is 0 Å². The van der Waals surface area contributed by atoms with Gasteiger partial charge < -0.3 is 13.8 Å². The summed E-state index contributed by atoms with van der Waals surface area (Å²) in [5.74, 6) is 0.464. The van der Waals surface area contributed by atoms with E-state index in [4.69, 9.17) is 8.94 Å². The molecule has 1 amide bonds. The molecule has 0 saturated heterocycles. The SMILES string of the molecule is CC(c1cccc([N+](=O)[O-])c1)N(C)C(=O)c1cc(-c2ccco2)on1. The van der Waals surface area contributed by atoms with Crippen LogP contribution in [0.2, 0.25) is 0 Å². The van der Waals surface area contributed by atoms with Gasteiger partial charge in [-0.15, -0.1) is 0 Å². The highest BCUT2D eigenvalue weighted by Gasteiger charge is 2.24. The third-order valence-electron chi connectivity index (χ3n) is 3.96. The van der Waals surface area contributed by atoms with Gasteiger partial charge in [0.15, 0.2) is 11.5 Å². The summed E-state index contributed by atoms with van der Waals surface area (Å²) in [5, 5.41) is 14.7. The highest BCUT2D eigenvalue weighted by Crippen LogP contribution is 2.26. The van der Waals surface area contributed by atoms with Crippen LogP contribution in [0.15, 0.2) is 57.7 Å². The summed E-state index contributed by atoms with van der Waals surface area (Å²) >= 11 is 0. The van der Waals surface area contributed by atoms with E-state index in [2.05, 4.69) is 5.16 Å². The molecule has 0 N–H and O–H groups in total. The van der Waals surface area contributed by atoms with Crippen LogP contribution in [0.4, 0.5) is 5.69 Å². The topological polar surface area (TPSA) is 103 Å². The Labute approximate surface area is 142 Å². The van der Waals surface area contributed by atoms with E-state index >= 15 is 0 Å². The van der Waals surface area contributed by atoms with Gasteiger partial charge in [0.05, 0.1) is 17.2 Å². The molecular weight excluding hydrogens is 326 g/mol. The summed E-state index contributed by atoms with van der Waals surface area (Å²) in [5.41, 5.74) is 0.762. The molecule has 25 heavy (non-hydrogen) atoms. The van der Waals surface area contributed by atoms with Crippen LogP contribution in [0, 0.1) is 10.1 Å². The van der Waals surface area contributed by atoms with Crippen LogP contribution in [-0.2, 0) is 0 Å². The molecule has 3 aromatic rings. The fourth-order valence-corrected chi connectivity index (χ4v) is 2.39. The molecule has 1 atom stereocenters. The number of nitro benzene ring substituents is 1. The average Bonchev–Trinajstić information content (AvgIpc) is 3.31. The number of carbonyl (C=O) groups excluding carboxylic acids is 1. The molecule has 0 fully saturated rings. The van der Waals surface area contributed by atoms with Crippen molar-refractivity contribution in [1.82, 2.24) is 10.1 Å². The minimum atomic E-state index is -0.467. The minimum absolute atomic E-state index is 0.0215. The van der Waals surface area contributed by atoms with Gasteiger partial charge in [-0.1, -0.05) is 17.3 Å². The Kier molecular flexibility index (Phi) is 4.34. The van der Waals surface area contributed by atoms with Crippen molar-refractivity contribution in [2.24, 2.45) is 0 Å². The lowest BCUT2D eigenvalue weighted by molar-refractivity contribution is -0.384. The van der Waals surface area contributed by atoms with Gasteiger partial charge in [0.25, 0.3) is 11.6 Å². The fourth-order valence-electron chi connectivity index (χ4n) is 2.39. The zero-order valence-corrected chi connectivity index (χ0v) is 13.6. The van der Waals surface area contributed by atoms with Crippen molar-refractivity contribution in [3.8, 4) is 11.5 Å². The van der Waals surface area contributed by atoms with Crippen molar-refractivity contribution in [3.05, 3.63) is 70.1 Å². The van der Waals surface area contributed by atoms with Gasteiger partial charge in [-0.3, -0.25) is 14.9 Å². The first kappa shape index (κ1) is 16.4. The van der Waals surface area contributed by atoms with Gasteiger partial charge in [0.2, 0.25) is 5.76 Å². The van der Waals surface area contributed by atoms with Crippen molar-refractivity contribution in [2.75, 3.05) is 7.05 Å². The molecule has 1 unspecified atom stereocenters. The molecular formula is C17H15N3O5. The lowest BCUT2D eigenvalue weighted by Gasteiger charge is -2.24. The standard InChI is InChI=1S/C17H15N3O5/c1-11(12-5-3-6-13(9-12)20(22)23)19(2)17(21)14-10-16(25-18-14)15-7-4-8-24-15/h3-11H,1-2H3. The Bertz CT molecular complexity index is 901. The Balaban J connectivity index is 1.80. The summed E-state index contributed by atoms with van der Waals surface area (Å²) in [7, 11) is 1.60. The number of furan rings is 1. The first-order chi connectivity index (χ1) is 12.0. The van der Waals surface area contributed by atoms with Gasteiger partial charge in [-0.25, -0.2) is 0 Å². The van der Waals surface area contributed by atoms with Gasteiger partial charge in [0.1, 0.15) is 0 Å². The van der Waals surface area contributed by atoms with E-state index in [1.54, 1.807) is 38.2 Å². The predicted octanol–water partition coefficient (Wildman–Crippen LogP) is 3.68. The summed E-state index contributed by atoms with van der Waals surface area (Å²) < 4.78 is 10.3. The quantitative estimate of drug-likeness (QED) is 0.518. The molecule has 3 rings (SSSR count). The second kappa shape index (κ2) is 6.60. The number of hydrogen-bond donors (Lipinski definition) is 0. The Morgan fingerprint density at radius 1 is 1.24 bits per heavy atom. The zero-order valence-electron chi connectivity index (χ0n) is 13.6. The first-order valence-corrected chi connectivity index (χ1v) is 7.49. The van der Waals surface area contributed by atoms with Crippen LogP contribution < -0.4 is 0 Å². The van der Waals surface area contributed by atoms with Gasteiger partial charge in [-0.2, -0.15) is 0 Å². The molecule has 0 bridgehead atoms. The minimum Gasteiger partial charge on any atom is -0.461 e. The number of nitrogens with zero attached hydrogens (tertiary/aromatic N) is 3. The third-order valence-corrected chi connectivity index (χ3v) is 3.96. The van der Waals surface area contributed by atoms with Crippen molar-refractivity contribution < 1.29 is 18.7 Å². The molecule has 0 aliphatic heterocycles. The molecule has 2 aromatic heterocycles. The molecule has 0 radical (unpaired) electrons. The largest absolute Gasteiger partial charge is 0.461 e. The number of non-ortho nitro benzene ring substituents is 1. The molecule has 0 saturated carbocycles. The molecule has 0 aliphatic rings. The zero-order chi connectivity index (χ0) is 18.0. The van der Waals surface area contributed by atoms with E-state index in [9.17, 15) is 14.9 Å². The van der Waals surface area contributed by atoms with Gasteiger partial charge in [-0.05, 0) is 24.6 Å². The third kappa shape index (κ3) is 3.27. The molecule has 8 heteroatoms. The van der Waals surface area contributed by atoms with E-state index in [1.165, 1.54) is 29.4 Å². The number of benzene rings is 1. The second-order valence-corrected chi connectivity index (χ2v) is 5.50. The predicted molar refractivity (Wildman–Crippen MR) is 87.8 cm³/mol. The summed E-state index contributed by atoms with van der Waals surface area (Å²) in [6.07, 6.45) is 1.50. The Hall–Kier alpha value is -3.42. The molecule has 128 valence electrons. The van der Waals surface area contributed by atoms with Crippen LogP contribution in [0.3, 0.4) is 0 Å². The van der Waals surface area contributed by atoms with Crippen LogP contribution in [0.25, 0.3) is 11.5 Å². The van der Waals surface area contributed by atoms with Crippen LogP contribution in [0.5, 0.6) is 0 Å². The molecule has 2 heterocycles. The van der Waals surface area contributed by atoms with E-state index in [-0.39, 0.29) is 23.3 Å². The molecule has 1 aromatic carbocycles. The highest BCUT2D eigenvalue weighted by atomic mass is 16.6. The number of aromatic nitrogens is 1. The maximum Gasteiger partial charge on any atom is 0.276 e. The highest BCUT2D eigenvalue weighted by molar-refractivity contribution is 5.93. The fraction of sp³-hybridized carbons (Fsp3) is 0.176. The monoisotopic (exact) mass is 341 g/mol. The van der Waals surface area contributed by atoms with Crippen LogP contribution in [0.1, 0.15) is 29.0 Å². The van der Waals surface area contributed by atoms with E-state index in [0.29, 0.717) is 17.1 Å². The van der Waals surface area contributed by atoms with Gasteiger partial charge in [0, 0.05) is 25.2 Å². The summed E-state index contributed by atoms with van der Waals surface area (Å²) in [4.78, 5) is 24.5. The van der Waals surface area contributed by atoms with E-state index < -0.39 is 4.92 Å². The summed E-state index contributed by atoms with van der Waals surface area (Å²) in [6, 6.07) is 10.7. The lowest BCUT2D eigenvalue weighted by Crippen LogP contribution is -2.29. The van der Waals surface area contributed by atoms with E-state index in [1.807, 2.05) is 0 Å². The maximum atomic E-state index is 12.6. The molecule has 0 spiro atoms. The number of hydrogen-bond acceptors (Lipinski definition) is 6. The summed E-state index contributed by atoms with van der Waals surface area (Å²) in [6.45, 7) is 1.78. The number of nitro groups is 1. The number of rotatable bonds is 5. The van der Waals surface area contributed by atoms with Crippen molar-refractivity contribution >= 4 is 11.6 Å². The molecule has 8 nitrogen and oxygen atoms in total. The van der Waals surface area contributed by atoms with Crippen LogP contribution >= 0.6 is 0 Å². The first-order valence-electron chi connectivity index (χ1n) is 7.49. The smallest absolute Gasteiger partial charge is 0.276 e. The Morgan fingerprint density at radius 2 is 2.04 bits per heavy atom. The lowest BCUT2D eigenvalue weighted by atomic mass is 10.1.